The molecule has 1 amide bonds. The van der Waals surface area contributed by atoms with Crippen LogP contribution in [0.2, 0.25) is 0 Å². The lowest BCUT2D eigenvalue weighted by Gasteiger charge is -2.10. The topological polar surface area (TPSA) is 75.1 Å². The Kier molecular flexibility index (Phi) is 3.69. The number of pyridine rings is 1. The molecule has 6 heteroatoms. The summed E-state index contributed by atoms with van der Waals surface area (Å²) in [5.41, 5.74) is 5.75. The van der Waals surface area contributed by atoms with Gasteiger partial charge >= 0.3 is 0 Å². The first kappa shape index (κ1) is 16.3. The Morgan fingerprint density at radius 2 is 1.93 bits per heavy atom. The number of aromatic amines is 1. The van der Waals surface area contributed by atoms with Crippen molar-refractivity contribution in [3.8, 4) is 11.4 Å². The molecule has 0 unspecified atom stereocenters. The minimum atomic E-state index is -0.205. The third-order valence-electron chi connectivity index (χ3n) is 4.80. The number of aryl methyl sites for hydroxylation is 1. The van der Waals surface area contributed by atoms with Crippen molar-refractivity contribution in [2.75, 3.05) is 5.32 Å². The predicted molar refractivity (Wildman–Crippen MR) is 109 cm³/mol. The van der Waals surface area contributed by atoms with E-state index in [0.29, 0.717) is 5.69 Å². The molecular formula is C22H17N5O. The molecule has 5 aromatic rings. The Balaban J connectivity index is 1.50. The SMILES string of the molecule is Cc1ccc(-c2nc3ccccc3[nH]2)cc1NC(=O)c1cnc2ccccn12. The molecule has 3 aromatic heterocycles. The summed E-state index contributed by atoms with van der Waals surface area (Å²) in [5.74, 6) is 0.565. The van der Waals surface area contributed by atoms with Gasteiger partial charge in [0.25, 0.3) is 5.91 Å². The van der Waals surface area contributed by atoms with Gasteiger partial charge in [-0.3, -0.25) is 9.20 Å². The molecule has 136 valence electrons. The first-order valence-electron chi connectivity index (χ1n) is 8.98. The quantitative estimate of drug-likeness (QED) is 0.495. The lowest BCUT2D eigenvalue weighted by Crippen LogP contribution is -2.15. The van der Waals surface area contributed by atoms with Crippen molar-refractivity contribution < 1.29 is 4.79 Å². The van der Waals surface area contributed by atoms with Gasteiger partial charge in [-0.2, -0.15) is 0 Å². The van der Waals surface area contributed by atoms with E-state index in [1.165, 1.54) is 0 Å². The van der Waals surface area contributed by atoms with Crippen LogP contribution in [0.1, 0.15) is 16.1 Å². The van der Waals surface area contributed by atoms with Crippen LogP contribution in [0.25, 0.3) is 28.1 Å². The maximum Gasteiger partial charge on any atom is 0.274 e. The maximum atomic E-state index is 12.8. The molecular weight excluding hydrogens is 350 g/mol. The summed E-state index contributed by atoms with van der Waals surface area (Å²) in [6.07, 6.45) is 3.41. The Morgan fingerprint density at radius 1 is 1.07 bits per heavy atom. The molecule has 0 fully saturated rings. The molecule has 0 atom stereocenters. The largest absolute Gasteiger partial charge is 0.338 e. The van der Waals surface area contributed by atoms with Crippen LogP contribution >= 0.6 is 0 Å². The normalized spacial score (nSPS) is 11.2. The highest BCUT2D eigenvalue weighted by atomic mass is 16.1. The maximum absolute atomic E-state index is 12.8. The zero-order valence-electron chi connectivity index (χ0n) is 15.2. The molecule has 0 bridgehead atoms. The van der Waals surface area contributed by atoms with Crippen LogP contribution in [0.3, 0.4) is 0 Å². The molecule has 28 heavy (non-hydrogen) atoms. The van der Waals surface area contributed by atoms with E-state index in [1.54, 1.807) is 10.6 Å². The number of nitrogens with one attached hydrogen (secondary N) is 2. The second-order valence-electron chi connectivity index (χ2n) is 6.66. The number of aromatic nitrogens is 4. The molecule has 2 aromatic carbocycles. The van der Waals surface area contributed by atoms with Gasteiger partial charge in [0, 0.05) is 17.4 Å². The number of rotatable bonds is 3. The van der Waals surface area contributed by atoms with Gasteiger partial charge in [0.1, 0.15) is 17.2 Å². The van der Waals surface area contributed by atoms with Crippen molar-refractivity contribution in [3.05, 3.63) is 84.3 Å². The van der Waals surface area contributed by atoms with Crippen LogP contribution in [-0.4, -0.2) is 25.3 Å². The average molecular weight is 367 g/mol. The van der Waals surface area contributed by atoms with Crippen LogP contribution in [0, 0.1) is 6.92 Å². The molecule has 0 saturated carbocycles. The average Bonchev–Trinajstić information content (AvgIpc) is 3.33. The molecule has 5 rings (SSSR count). The zero-order chi connectivity index (χ0) is 19.1. The summed E-state index contributed by atoms with van der Waals surface area (Å²) in [4.78, 5) is 25.1. The lowest BCUT2D eigenvalue weighted by atomic mass is 10.1. The number of anilines is 1. The van der Waals surface area contributed by atoms with E-state index in [9.17, 15) is 4.79 Å². The minimum absolute atomic E-state index is 0.205. The molecule has 0 radical (unpaired) electrons. The highest BCUT2D eigenvalue weighted by Crippen LogP contribution is 2.26. The number of fused-ring (bicyclic) bond motifs is 2. The summed E-state index contributed by atoms with van der Waals surface area (Å²) < 4.78 is 1.77. The summed E-state index contributed by atoms with van der Waals surface area (Å²) >= 11 is 0. The minimum Gasteiger partial charge on any atom is -0.338 e. The fourth-order valence-electron chi connectivity index (χ4n) is 3.28. The van der Waals surface area contributed by atoms with Crippen LogP contribution in [0.4, 0.5) is 5.69 Å². The monoisotopic (exact) mass is 367 g/mol. The summed E-state index contributed by atoms with van der Waals surface area (Å²) in [6.45, 7) is 1.96. The number of carbonyl (C=O) groups excluding carboxylic acids is 1. The molecule has 0 spiro atoms. The number of amides is 1. The number of carbonyl (C=O) groups is 1. The van der Waals surface area contributed by atoms with Crippen LogP contribution in [-0.2, 0) is 0 Å². The van der Waals surface area contributed by atoms with Crippen molar-refractivity contribution in [1.29, 1.82) is 0 Å². The van der Waals surface area contributed by atoms with Crippen LogP contribution < -0.4 is 5.32 Å². The van der Waals surface area contributed by atoms with Crippen molar-refractivity contribution in [1.82, 2.24) is 19.4 Å². The Morgan fingerprint density at radius 3 is 2.82 bits per heavy atom. The van der Waals surface area contributed by atoms with Crippen molar-refractivity contribution >= 4 is 28.3 Å². The summed E-state index contributed by atoms with van der Waals surface area (Å²) in [5, 5.41) is 3.01. The van der Waals surface area contributed by atoms with E-state index >= 15 is 0 Å². The first-order valence-corrected chi connectivity index (χ1v) is 8.98. The Labute approximate surface area is 160 Å². The third-order valence-corrected chi connectivity index (χ3v) is 4.80. The number of nitrogens with zero attached hydrogens (tertiary/aromatic N) is 3. The Hall–Kier alpha value is -3.93. The lowest BCUT2D eigenvalue weighted by molar-refractivity contribution is 0.102. The summed E-state index contributed by atoms with van der Waals surface area (Å²) in [7, 11) is 0. The van der Waals surface area contributed by atoms with Gasteiger partial charge in [-0.15, -0.1) is 0 Å². The van der Waals surface area contributed by atoms with E-state index in [2.05, 4.69) is 20.3 Å². The van der Waals surface area contributed by atoms with E-state index in [1.807, 2.05) is 73.8 Å². The van der Waals surface area contributed by atoms with Gasteiger partial charge in [0.15, 0.2) is 0 Å². The zero-order valence-corrected chi connectivity index (χ0v) is 15.2. The van der Waals surface area contributed by atoms with Crippen LogP contribution in [0.5, 0.6) is 0 Å². The summed E-state index contributed by atoms with van der Waals surface area (Å²) in [6, 6.07) is 19.4. The standard InChI is InChI=1S/C22H17N5O/c1-14-9-10-15(21-24-16-6-2-3-7-17(16)25-21)12-18(14)26-22(28)19-13-23-20-8-4-5-11-27(19)20/h2-13H,1H3,(H,24,25)(H,26,28). The molecule has 6 nitrogen and oxygen atoms in total. The molecule has 0 aliphatic heterocycles. The Bertz CT molecular complexity index is 1300. The number of hydrogen-bond acceptors (Lipinski definition) is 3. The van der Waals surface area contributed by atoms with Gasteiger partial charge in [-0.25, -0.2) is 9.97 Å². The highest BCUT2D eigenvalue weighted by molar-refractivity contribution is 6.04. The first-order chi connectivity index (χ1) is 13.7. The molecule has 3 heterocycles. The number of H-pyrrole nitrogens is 1. The van der Waals surface area contributed by atoms with Crippen molar-refractivity contribution in [2.24, 2.45) is 0 Å². The molecule has 2 N–H and O–H groups in total. The molecule has 0 aliphatic rings. The van der Waals surface area contributed by atoms with Crippen molar-refractivity contribution in [3.63, 3.8) is 0 Å². The highest BCUT2D eigenvalue weighted by Gasteiger charge is 2.14. The van der Waals surface area contributed by atoms with Gasteiger partial charge in [-0.05, 0) is 42.8 Å². The third kappa shape index (κ3) is 2.72. The van der Waals surface area contributed by atoms with E-state index in [-0.39, 0.29) is 5.91 Å². The fourth-order valence-corrected chi connectivity index (χ4v) is 3.28. The number of para-hydroxylation sites is 2. The van der Waals surface area contributed by atoms with Gasteiger partial charge in [-0.1, -0.05) is 30.3 Å². The van der Waals surface area contributed by atoms with Gasteiger partial charge in [0.05, 0.1) is 17.2 Å². The van der Waals surface area contributed by atoms with E-state index in [4.69, 9.17) is 0 Å². The van der Waals surface area contributed by atoms with Crippen LogP contribution in [0.15, 0.2) is 73.1 Å². The van der Waals surface area contributed by atoms with Gasteiger partial charge < -0.3 is 10.3 Å². The number of benzene rings is 2. The smallest absolute Gasteiger partial charge is 0.274 e. The molecule has 0 saturated heterocycles. The fraction of sp³-hybridized carbons (Fsp3) is 0.0455. The van der Waals surface area contributed by atoms with E-state index < -0.39 is 0 Å². The van der Waals surface area contributed by atoms with Crippen molar-refractivity contribution in [2.45, 2.75) is 6.92 Å². The second-order valence-corrected chi connectivity index (χ2v) is 6.66. The number of hydrogen-bond donors (Lipinski definition) is 2. The predicted octanol–water partition coefficient (Wildman–Crippen LogP) is 4.44. The van der Waals surface area contributed by atoms with E-state index in [0.717, 1.165) is 39.3 Å². The second kappa shape index (κ2) is 6.35. The molecule has 0 aliphatic carbocycles. The van der Waals surface area contributed by atoms with Gasteiger partial charge in [0.2, 0.25) is 0 Å². The number of imidazole rings is 2.